The van der Waals surface area contributed by atoms with Gasteiger partial charge in [-0.15, -0.1) is 11.3 Å². The first-order chi connectivity index (χ1) is 25.7. The number of allylic oxidation sites excluding steroid dienone is 2. The lowest BCUT2D eigenvalue weighted by atomic mass is 9.86. The fourth-order valence-corrected chi connectivity index (χ4v) is 9.38. The topological polar surface area (TPSA) is 16.4 Å². The summed E-state index contributed by atoms with van der Waals surface area (Å²) in [5, 5.41) is 9.55. The third-order valence-electron chi connectivity index (χ3n) is 10.4. The minimum absolute atomic E-state index is 0.865. The van der Waals surface area contributed by atoms with E-state index in [1.165, 1.54) is 64.0 Å². The van der Waals surface area contributed by atoms with E-state index in [2.05, 4.69) is 176 Å². The molecular weight excluding hydrogens is 651 g/mol. The van der Waals surface area contributed by atoms with Gasteiger partial charge in [0, 0.05) is 26.4 Å². The van der Waals surface area contributed by atoms with Crippen LogP contribution in [0.15, 0.2) is 175 Å². The van der Waals surface area contributed by atoms with Gasteiger partial charge in [0.25, 0.3) is 0 Å². The molecule has 0 saturated heterocycles. The van der Waals surface area contributed by atoms with E-state index in [0.29, 0.717) is 0 Å². The van der Waals surface area contributed by atoms with Crippen molar-refractivity contribution in [3.8, 4) is 11.1 Å². The van der Waals surface area contributed by atoms with E-state index in [-0.39, 0.29) is 0 Å². The van der Waals surface area contributed by atoms with Crippen molar-refractivity contribution in [2.24, 2.45) is 0 Å². The lowest BCUT2D eigenvalue weighted by Crippen LogP contribution is -2.14. The van der Waals surface area contributed by atoms with Gasteiger partial charge in [-0.05, 0) is 75.5 Å². The smallest absolute Gasteiger partial charge is 0.137 e. The summed E-state index contributed by atoms with van der Waals surface area (Å²) in [7, 11) is 0. The normalized spacial score (nSPS) is 11.9. The Morgan fingerprint density at radius 2 is 1.21 bits per heavy atom. The second-order valence-corrected chi connectivity index (χ2v) is 14.3. The van der Waals surface area contributed by atoms with Crippen LogP contribution in [0.1, 0.15) is 11.1 Å². The predicted molar refractivity (Wildman–Crippen MR) is 226 cm³/mol. The lowest BCUT2D eigenvalue weighted by Gasteiger charge is -2.32. The number of thiophene rings is 1. The molecule has 0 atom stereocenters. The maximum absolute atomic E-state index is 6.55. The molecule has 0 unspecified atom stereocenters. The van der Waals surface area contributed by atoms with Gasteiger partial charge in [0.2, 0.25) is 0 Å². The molecule has 8 aromatic carbocycles. The zero-order valence-electron chi connectivity index (χ0n) is 28.6. The minimum Gasteiger partial charge on any atom is -0.456 e. The molecule has 0 radical (unpaired) electrons. The van der Waals surface area contributed by atoms with Gasteiger partial charge < -0.3 is 9.32 Å². The molecule has 0 amide bonds. The largest absolute Gasteiger partial charge is 0.456 e. The molecule has 10 rings (SSSR count). The number of benzene rings is 8. The molecule has 0 aliphatic rings. The third-order valence-corrected chi connectivity index (χ3v) is 11.6. The molecule has 0 aliphatic heterocycles. The maximum Gasteiger partial charge on any atom is 0.137 e. The summed E-state index contributed by atoms with van der Waals surface area (Å²) < 4.78 is 9.07. The summed E-state index contributed by atoms with van der Waals surface area (Å²) in [6.45, 7) is 6.33. The van der Waals surface area contributed by atoms with Crippen LogP contribution >= 0.6 is 11.3 Å². The number of nitrogens with zero attached hydrogens (tertiary/aromatic N) is 1. The summed E-state index contributed by atoms with van der Waals surface area (Å²) in [6.07, 6.45) is 6.13. The Morgan fingerprint density at radius 1 is 0.577 bits per heavy atom. The van der Waals surface area contributed by atoms with Gasteiger partial charge >= 0.3 is 0 Å². The van der Waals surface area contributed by atoms with Crippen molar-refractivity contribution in [3.63, 3.8) is 0 Å². The van der Waals surface area contributed by atoms with Crippen LogP contribution in [0, 0.1) is 6.92 Å². The summed E-state index contributed by atoms with van der Waals surface area (Å²) in [4.78, 5) is 2.53. The Bertz CT molecular complexity index is 3060. The van der Waals surface area contributed by atoms with E-state index in [1.807, 2.05) is 23.5 Å². The van der Waals surface area contributed by atoms with Crippen LogP contribution in [0.25, 0.3) is 80.9 Å². The van der Waals surface area contributed by atoms with Crippen molar-refractivity contribution in [2.45, 2.75) is 6.92 Å². The van der Waals surface area contributed by atoms with Gasteiger partial charge in [-0.25, -0.2) is 0 Å². The number of hydrogen-bond acceptors (Lipinski definition) is 3. The summed E-state index contributed by atoms with van der Waals surface area (Å²) in [6, 6.07) is 54.7. The third kappa shape index (κ3) is 4.56. The first-order valence-electron chi connectivity index (χ1n) is 17.6. The van der Waals surface area contributed by atoms with Gasteiger partial charge in [-0.2, -0.15) is 0 Å². The van der Waals surface area contributed by atoms with Crippen LogP contribution in [-0.4, -0.2) is 0 Å². The monoisotopic (exact) mass is 683 g/mol. The quantitative estimate of drug-likeness (QED) is 0.162. The molecule has 0 aliphatic carbocycles. The Balaban J connectivity index is 1.45. The lowest BCUT2D eigenvalue weighted by molar-refractivity contribution is 0.669. The van der Waals surface area contributed by atoms with Gasteiger partial charge in [0.15, 0.2) is 0 Å². The molecule has 246 valence electrons. The van der Waals surface area contributed by atoms with Gasteiger partial charge in [-0.3, -0.25) is 0 Å². The number of para-hydroxylation sites is 1. The van der Waals surface area contributed by atoms with E-state index in [4.69, 9.17) is 4.42 Å². The molecule has 10 aromatic rings. The van der Waals surface area contributed by atoms with E-state index < -0.39 is 0 Å². The van der Waals surface area contributed by atoms with Crippen molar-refractivity contribution < 1.29 is 4.42 Å². The number of hydrogen-bond donors (Lipinski definition) is 0. The Morgan fingerprint density at radius 3 is 2.08 bits per heavy atom. The van der Waals surface area contributed by atoms with E-state index in [1.54, 1.807) is 0 Å². The second-order valence-electron chi connectivity index (χ2n) is 13.3. The highest BCUT2D eigenvalue weighted by atomic mass is 32.1. The summed E-state index contributed by atoms with van der Waals surface area (Å²) >= 11 is 1.86. The van der Waals surface area contributed by atoms with Crippen molar-refractivity contribution in [1.82, 2.24) is 0 Å². The molecule has 52 heavy (non-hydrogen) atoms. The highest BCUT2D eigenvalue weighted by molar-refractivity contribution is 7.26. The van der Waals surface area contributed by atoms with Crippen molar-refractivity contribution >= 4 is 98.1 Å². The Labute approximate surface area is 305 Å². The molecule has 0 spiro atoms. The molecule has 0 bridgehead atoms. The molecule has 2 nitrogen and oxygen atoms in total. The number of furan rings is 1. The van der Waals surface area contributed by atoms with Gasteiger partial charge in [0.1, 0.15) is 11.2 Å². The van der Waals surface area contributed by atoms with E-state index in [9.17, 15) is 0 Å². The van der Waals surface area contributed by atoms with Gasteiger partial charge in [0.05, 0.1) is 27.1 Å². The Kier molecular flexibility index (Phi) is 7.09. The second kappa shape index (κ2) is 12.1. The number of rotatable bonds is 6. The zero-order valence-corrected chi connectivity index (χ0v) is 29.5. The van der Waals surface area contributed by atoms with Crippen LogP contribution in [0.4, 0.5) is 17.1 Å². The summed E-state index contributed by atoms with van der Waals surface area (Å²) in [5.74, 6) is 0. The molecule has 0 saturated carbocycles. The fourth-order valence-electron chi connectivity index (χ4n) is 8.18. The highest BCUT2D eigenvalue weighted by Gasteiger charge is 2.29. The highest BCUT2D eigenvalue weighted by Crippen LogP contribution is 2.54. The van der Waals surface area contributed by atoms with Crippen LogP contribution in [0.2, 0.25) is 0 Å². The molecule has 2 aromatic heterocycles. The standard InChI is InChI=1S/C49H33NOS/c1-3-4-18-33-31(2)48(46(38-22-8-7-20-35(33)38)37-24-13-17-32-16-5-6-19-34(32)37)50(41-26-15-29-44-47(41)40-23-9-11-28-43(40)51-44)42-27-14-25-39-36-21-10-12-30-45(36)52-49(39)42/h3-30H,1H2,2H3/b18-4-. The van der Waals surface area contributed by atoms with Crippen molar-refractivity contribution in [2.75, 3.05) is 4.90 Å². The molecule has 2 heterocycles. The number of anilines is 3. The average molecular weight is 684 g/mol. The predicted octanol–water partition coefficient (Wildman–Crippen LogP) is 14.9. The van der Waals surface area contributed by atoms with Crippen molar-refractivity contribution in [3.05, 3.63) is 182 Å². The van der Waals surface area contributed by atoms with Crippen molar-refractivity contribution in [1.29, 1.82) is 0 Å². The zero-order chi connectivity index (χ0) is 34.8. The first-order valence-corrected chi connectivity index (χ1v) is 18.5. The summed E-state index contributed by atoms with van der Waals surface area (Å²) in [5.41, 5.74) is 9.85. The molecule has 0 N–H and O–H groups in total. The van der Waals surface area contributed by atoms with E-state index in [0.717, 1.165) is 39.0 Å². The van der Waals surface area contributed by atoms with Crippen LogP contribution in [-0.2, 0) is 0 Å². The van der Waals surface area contributed by atoms with E-state index >= 15 is 0 Å². The first kappa shape index (κ1) is 30.4. The minimum atomic E-state index is 0.865. The fraction of sp³-hybridized carbons (Fsp3) is 0.0204. The van der Waals surface area contributed by atoms with Crippen LogP contribution < -0.4 is 4.90 Å². The SMILES string of the molecule is C=C/C=C\c1c(C)c(N(c2cccc3c2sc2ccccc23)c2cccc3oc4ccccc4c23)c(-c2cccc3ccccc23)c2ccccc12. The van der Waals surface area contributed by atoms with Gasteiger partial charge in [-0.1, -0.05) is 146 Å². The maximum atomic E-state index is 6.55. The molecule has 3 heteroatoms. The van der Waals surface area contributed by atoms with Crippen LogP contribution in [0.5, 0.6) is 0 Å². The Hall–Kier alpha value is -6.42. The van der Waals surface area contributed by atoms with Crippen LogP contribution in [0.3, 0.4) is 0 Å². The number of fused-ring (bicyclic) bond motifs is 8. The average Bonchev–Trinajstić information content (AvgIpc) is 3.77. The molecule has 0 fully saturated rings. The molecular formula is C49H33NOS.